The zero-order chi connectivity index (χ0) is 12.7. The van der Waals surface area contributed by atoms with Crippen LogP contribution in [0, 0.1) is 5.92 Å². The molecule has 0 saturated carbocycles. The third-order valence-electron chi connectivity index (χ3n) is 3.66. The van der Waals surface area contributed by atoms with Crippen LogP contribution in [0.2, 0.25) is 0 Å². The highest BCUT2D eigenvalue weighted by Crippen LogP contribution is 2.39. The molecule has 0 amide bonds. The fourth-order valence-corrected chi connectivity index (χ4v) is 4.22. The summed E-state index contributed by atoms with van der Waals surface area (Å²) in [6.45, 7) is 2.90. The molecule has 1 aromatic heterocycles. The maximum absolute atomic E-state index is 10.5. The number of hydrogen-bond acceptors (Lipinski definition) is 3. The molecule has 0 radical (unpaired) electrons. The minimum Gasteiger partial charge on any atom is -0.386 e. The second kappa shape index (κ2) is 4.93. The number of hydrogen-bond donors (Lipinski definition) is 1. The van der Waals surface area contributed by atoms with Crippen LogP contribution in [0.15, 0.2) is 28.1 Å². The third kappa shape index (κ3) is 2.01. The lowest BCUT2D eigenvalue weighted by molar-refractivity contribution is -0.0169. The Hall–Kier alpha value is -0.420. The van der Waals surface area contributed by atoms with Crippen molar-refractivity contribution < 1.29 is 9.84 Å². The van der Waals surface area contributed by atoms with Crippen LogP contribution >= 0.6 is 27.3 Å². The molecular weight excluding hydrogens is 312 g/mol. The fraction of sp³-hybridized carbons (Fsp3) is 0.429. The average Bonchev–Trinajstić information content (AvgIpc) is 2.95. The highest BCUT2D eigenvalue weighted by atomic mass is 79.9. The summed E-state index contributed by atoms with van der Waals surface area (Å²) in [6.07, 6.45) is 0.445. The van der Waals surface area contributed by atoms with Crippen molar-refractivity contribution in [3.8, 4) is 0 Å². The Balaban J connectivity index is 2.01. The number of benzene rings is 1. The number of ether oxygens (including phenoxy) is 1. The summed E-state index contributed by atoms with van der Waals surface area (Å²) in [5, 5.41) is 13.7. The van der Waals surface area contributed by atoms with E-state index in [1.165, 1.54) is 4.70 Å². The van der Waals surface area contributed by atoms with Gasteiger partial charge in [0.15, 0.2) is 0 Å². The summed E-state index contributed by atoms with van der Waals surface area (Å²) in [4.78, 5) is 0. The lowest BCUT2D eigenvalue weighted by atomic mass is 9.94. The Labute approximate surface area is 119 Å². The molecule has 3 unspecified atom stereocenters. The Morgan fingerprint density at radius 1 is 1.50 bits per heavy atom. The molecule has 1 aliphatic rings. The first-order valence-electron chi connectivity index (χ1n) is 6.14. The summed E-state index contributed by atoms with van der Waals surface area (Å²) in [7, 11) is 0. The van der Waals surface area contributed by atoms with E-state index in [-0.39, 0.29) is 6.10 Å². The smallest absolute Gasteiger partial charge is 0.107 e. The SMILES string of the molecule is CC1CCOC1C(O)c1csc2c(Br)cccc12. The molecule has 96 valence electrons. The van der Waals surface area contributed by atoms with Crippen LogP contribution in [0.25, 0.3) is 10.1 Å². The van der Waals surface area contributed by atoms with Gasteiger partial charge in [-0.3, -0.25) is 0 Å². The van der Waals surface area contributed by atoms with Crippen molar-refractivity contribution in [3.63, 3.8) is 0 Å². The van der Waals surface area contributed by atoms with E-state index in [0.29, 0.717) is 5.92 Å². The zero-order valence-corrected chi connectivity index (χ0v) is 12.5. The van der Waals surface area contributed by atoms with Crippen LogP contribution in [0.5, 0.6) is 0 Å². The van der Waals surface area contributed by atoms with Gasteiger partial charge in [0, 0.05) is 21.3 Å². The van der Waals surface area contributed by atoms with E-state index in [1.54, 1.807) is 11.3 Å². The van der Waals surface area contributed by atoms with E-state index in [9.17, 15) is 5.11 Å². The molecule has 2 heterocycles. The minimum atomic E-state index is -0.523. The van der Waals surface area contributed by atoms with Crippen LogP contribution in [-0.2, 0) is 4.74 Å². The summed E-state index contributed by atoms with van der Waals surface area (Å²) < 4.78 is 7.95. The van der Waals surface area contributed by atoms with E-state index in [4.69, 9.17) is 4.74 Å². The molecule has 4 heteroatoms. The first-order valence-corrected chi connectivity index (χ1v) is 7.81. The van der Waals surface area contributed by atoms with E-state index in [0.717, 1.165) is 28.5 Å². The monoisotopic (exact) mass is 326 g/mol. The van der Waals surface area contributed by atoms with Gasteiger partial charge in [-0.15, -0.1) is 11.3 Å². The van der Waals surface area contributed by atoms with E-state index in [2.05, 4.69) is 34.3 Å². The van der Waals surface area contributed by atoms with Gasteiger partial charge in [0.25, 0.3) is 0 Å². The van der Waals surface area contributed by atoms with Crippen LogP contribution in [0.1, 0.15) is 25.0 Å². The number of aliphatic hydroxyl groups is 1. The molecule has 3 atom stereocenters. The van der Waals surface area contributed by atoms with Crippen molar-refractivity contribution in [3.05, 3.63) is 33.6 Å². The fourth-order valence-electron chi connectivity index (χ4n) is 2.57. The van der Waals surface area contributed by atoms with Gasteiger partial charge in [-0.1, -0.05) is 19.1 Å². The van der Waals surface area contributed by atoms with Gasteiger partial charge in [0.05, 0.1) is 6.10 Å². The van der Waals surface area contributed by atoms with Crippen molar-refractivity contribution in [1.29, 1.82) is 0 Å². The maximum atomic E-state index is 10.5. The van der Waals surface area contributed by atoms with Gasteiger partial charge >= 0.3 is 0 Å². The van der Waals surface area contributed by atoms with Crippen LogP contribution in [0.4, 0.5) is 0 Å². The van der Waals surface area contributed by atoms with Gasteiger partial charge < -0.3 is 9.84 Å². The summed E-state index contributed by atoms with van der Waals surface area (Å²) in [5.41, 5.74) is 0.995. The van der Waals surface area contributed by atoms with E-state index in [1.807, 2.05) is 12.1 Å². The van der Waals surface area contributed by atoms with Gasteiger partial charge in [-0.2, -0.15) is 0 Å². The van der Waals surface area contributed by atoms with Crippen molar-refractivity contribution in [2.45, 2.75) is 25.6 Å². The molecular formula is C14H15BrO2S. The van der Waals surface area contributed by atoms with Crippen LogP contribution in [0.3, 0.4) is 0 Å². The Kier molecular flexibility index (Phi) is 3.45. The molecule has 1 fully saturated rings. The number of fused-ring (bicyclic) bond motifs is 1. The topological polar surface area (TPSA) is 29.5 Å². The number of halogens is 1. The second-order valence-corrected chi connectivity index (χ2v) is 6.59. The molecule has 1 aliphatic heterocycles. The molecule has 1 aromatic carbocycles. The molecule has 18 heavy (non-hydrogen) atoms. The molecule has 2 nitrogen and oxygen atoms in total. The van der Waals surface area contributed by atoms with Crippen molar-refractivity contribution >= 4 is 37.4 Å². The highest BCUT2D eigenvalue weighted by Gasteiger charge is 2.33. The van der Waals surface area contributed by atoms with E-state index >= 15 is 0 Å². The van der Waals surface area contributed by atoms with Gasteiger partial charge in [0.1, 0.15) is 6.10 Å². The standard InChI is InChI=1S/C14H15BrO2S/c1-8-5-6-17-13(8)12(16)10-7-18-14-9(10)3-2-4-11(14)15/h2-4,7-8,12-13,16H,5-6H2,1H3. The van der Waals surface area contributed by atoms with Crippen molar-refractivity contribution in [2.75, 3.05) is 6.61 Å². The third-order valence-corrected chi connectivity index (χ3v) is 5.63. The molecule has 2 aromatic rings. The first-order chi connectivity index (χ1) is 8.68. The lowest BCUT2D eigenvalue weighted by Crippen LogP contribution is -2.22. The molecule has 0 spiro atoms. The number of thiophene rings is 1. The summed E-state index contributed by atoms with van der Waals surface area (Å²) in [5.74, 6) is 0.419. The van der Waals surface area contributed by atoms with Gasteiger partial charge in [0.2, 0.25) is 0 Å². The van der Waals surface area contributed by atoms with Crippen molar-refractivity contribution in [2.24, 2.45) is 5.92 Å². The zero-order valence-electron chi connectivity index (χ0n) is 10.1. The minimum absolute atomic E-state index is 0.0678. The predicted molar refractivity (Wildman–Crippen MR) is 78.0 cm³/mol. The number of rotatable bonds is 2. The predicted octanol–water partition coefficient (Wildman–Crippen LogP) is 4.12. The Bertz CT molecular complexity index is 566. The van der Waals surface area contributed by atoms with Crippen molar-refractivity contribution in [1.82, 2.24) is 0 Å². The second-order valence-electron chi connectivity index (χ2n) is 4.85. The van der Waals surface area contributed by atoms with Gasteiger partial charge in [-0.25, -0.2) is 0 Å². The quantitative estimate of drug-likeness (QED) is 0.899. The Morgan fingerprint density at radius 3 is 3.06 bits per heavy atom. The molecule has 3 rings (SSSR count). The highest BCUT2D eigenvalue weighted by molar-refractivity contribution is 9.10. The largest absolute Gasteiger partial charge is 0.386 e. The van der Waals surface area contributed by atoms with Crippen LogP contribution < -0.4 is 0 Å². The molecule has 0 aliphatic carbocycles. The van der Waals surface area contributed by atoms with Crippen LogP contribution in [-0.4, -0.2) is 17.8 Å². The van der Waals surface area contributed by atoms with E-state index < -0.39 is 6.10 Å². The summed E-state index contributed by atoms with van der Waals surface area (Å²) >= 11 is 5.22. The lowest BCUT2D eigenvalue weighted by Gasteiger charge is -2.21. The maximum Gasteiger partial charge on any atom is 0.107 e. The van der Waals surface area contributed by atoms with Gasteiger partial charge in [-0.05, 0) is 45.1 Å². The normalized spacial score (nSPS) is 25.7. The number of aliphatic hydroxyl groups excluding tert-OH is 1. The average molecular weight is 327 g/mol. The molecule has 1 N–H and O–H groups in total. The molecule has 1 saturated heterocycles. The Morgan fingerprint density at radius 2 is 2.33 bits per heavy atom. The molecule has 0 bridgehead atoms. The summed E-state index contributed by atoms with van der Waals surface area (Å²) in [6, 6.07) is 6.10. The first kappa shape index (κ1) is 12.6.